The summed E-state index contributed by atoms with van der Waals surface area (Å²) in [4.78, 5) is 10.8. The molecule has 1 rings (SSSR count). The summed E-state index contributed by atoms with van der Waals surface area (Å²) in [6.07, 6.45) is 4.93. The molecule has 0 amide bonds. The fourth-order valence-corrected chi connectivity index (χ4v) is 1.80. The number of carbonyl (C=O) groups excluding carboxylic acids is 1. The zero-order valence-corrected chi connectivity index (χ0v) is 10.6. The molecule has 2 heteroatoms. The summed E-state index contributed by atoms with van der Waals surface area (Å²) < 4.78 is 0. The van der Waals surface area contributed by atoms with Crippen LogP contribution >= 0.6 is 0 Å². The Kier molecular flexibility index (Phi) is 5.64. The van der Waals surface area contributed by atoms with Crippen LogP contribution in [0.25, 0.3) is 6.08 Å². The van der Waals surface area contributed by atoms with Gasteiger partial charge in [0.25, 0.3) is 0 Å². The number of allylic oxidation sites excluding steroid dienone is 1. The van der Waals surface area contributed by atoms with Gasteiger partial charge in [-0.3, -0.25) is 0 Å². The first kappa shape index (κ1) is 13.7. The average Bonchev–Trinajstić information content (AvgIpc) is 2.37. The van der Waals surface area contributed by atoms with E-state index in [1.165, 1.54) is 11.1 Å². The maximum Gasteiger partial charge on any atom is 0.123 e. The molecule has 0 saturated carbocycles. The average molecular weight is 231 g/mol. The molecule has 17 heavy (non-hydrogen) atoms. The summed E-state index contributed by atoms with van der Waals surface area (Å²) in [6, 6.07) is 8.20. The molecule has 1 aromatic carbocycles. The van der Waals surface area contributed by atoms with Gasteiger partial charge in [-0.05, 0) is 30.9 Å². The Morgan fingerprint density at radius 3 is 2.47 bits per heavy atom. The molecule has 0 aliphatic heterocycles. The second kappa shape index (κ2) is 7.02. The van der Waals surface area contributed by atoms with Crippen molar-refractivity contribution in [3.63, 3.8) is 0 Å². The predicted octanol–water partition coefficient (Wildman–Crippen LogP) is 3.16. The Morgan fingerprint density at radius 2 is 2.00 bits per heavy atom. The van der Waals surface area contributed by atoms with Crippen LogP contribution in [0.15, 0.2) is 29.8 Å². The summed E-state index contributed by atoms with van der Waals surface area (Å²) in [6.45, 7) is 4.69. The van der Waals surface area contributed by atoms with Gasteiger partial charge in [0.2, 0.25) is 0 Å². The maximum absolute atomic E-state index is 10.8. The Bertz CT molecular complexity index is 378. The van der Waals surface area contributed by atoms with Gasteiger partial charge in [-0.25, -0.2) is 0 Å². The number of hydrogen-bond donors (Lipinski definition) is 1. The van der Waals surface area contributed by atoms with Crippen LogP contribution in [0.3, 0.4) is 0 Å². The van der Waals surface area contributed by atoms with Crippen LogP contribution < -0.4 is 5.73 Å². The van der Waals surface area contributed by atoms with E-state index < -0.39 is 0 Å². The molecule has 0 aromatic heterocycles. The van der Waals surface area contributed by atoms with Gasteiger partial charge in [-0.15, -0.1) is 0 Å². The van der Waals surface area contributed by atoms with Crippen LogP contribution in [0.4, 0.5) is 0 Å². The van der Waals surface area contributed by atoms with Crippen molar-refractivity contribution in [1.82, 2.24) is 0 Å². The molecule has 92 valence electrons. The molecule has 0 aliphatic carbocycles. The smallest absolute Gasteiger partial charge is 0.123 e. The predicted molar refractivity (Wildman–Crippen MR) is 72.4 cm³/mol. The lowest BCUT2D eigenvalue weighted by Gasteiger charge is -2.07. The molecule has 0 saturated heterocycles. The molecule has 2 N–H and O–H groups in total. The number of carbonyl (C=O) groups is 1. The Hall–Kier alpha value is -1.41. The monoisotopic (exact) mass is 231 g/mol. The fraction of sp³-hybridized carbons (Fsp3) is 0.400. The molecule has 1 aromatic rings. The van der Waals surface area contributed by atoms with Crippen LogP contribution in [-0.2, 0) is 11.3 Å². The Balaban J connectivity index is 2.69. The van der Waals surface area contributed by atoms with Crippen LogP contribution in [0.2, 0.25) is 0 Å². The van der Waals surface area contributed by atoms with E-state index in [0.717, 1.165) is 24.7 Å². The van der Waals surface area contributed by atoms with Gasteiger partial charge in [0, 0.05) is 12.5 Å². The van der Waals surface area contributed by atoms with E-state index in [2.05, 4.69) is 25.1 Å². The normalized spacial score (nSPS) is 13.5. The molecule has 0 radical (unpaired) electrons. The van der Waals surface area contributed by atoms with E-state index >= 15 is 0 Å². The van der Waals surface area contributed by atoms with Gasteiger partial charge in [-0.2, -0.15) is 0 Å². The zero-order valence-electron chi connectivity index (χ0n) is 10.6. The quantitative estimate of drug-likeness (QED) is 0.764. The summed E-state index contributed by atoms with van der Waals surface area (Å²) in [7, 11) is 0. The third kappa shape index (κ3) is 4.53. The summed E-state index contributed by atoms with van der Waals surface area (Å²) in [5, 5.41) is 0. The second-order valence-electron chi connectivity index (χ2n) is 4.44. The highest BCUT2D eigenvalue weighted by Gasteiger charge is 2.04. The van der Waals surface area contributed by atoms with Crippen molar-refractivity contribution in [2.24, 2.45) is 11.7 Å². The summed E-state index contributed by atoms with van der Waals surface area (Å²) in [5.74, 6) is 0.148. The molecule has 0 aliphatic rings. The van der Waals surface area contributed by atoms with Crippen molar-refractivity contribution in [2.75, 3.05) is 0 Å². The van der Waals surface area contributed by atoms with Gasteiger partial charge < -0.3 is 10.5 Å². The van der Waals surface area contributed by atoms with Crippen molar-refractivity contribution in [3.05, 3.63) is 41.0 Å². The molecule has 0 bridgehead atoms. The minimum Gasteiger partial charge on any atom is -0.326 e. The van der Waals surface area contributed by atoms with Crippen LogP contribution in [0, 0.1) is 5.92 Å². The molecule has 1 unspecified atom stereocenters. The first-order valence-electron chi connectivity index (χ1n) is 6.11. The first-order chi connectivity index (χ1) is 8.19. The number of hydrogen-bond acceptors (Lipinski definition) is 2. The maximum atomic E-state index is 10.8. The molecular formula is C15H21NO. The van der Waals surface area contributed by atoms with Gasteiger partial charge >= 0.3 is 0 Å². The van der Waals surface area contributed by atoms with E-state index in [1.54, 1.807) is 0 Å². The number of benzene rings is 1. The highest BCUT2D eigenvalue weighted by Crippen LogP contribution is 2.16. The fourth-order valence-electron chi connectivity index (χ4n) is 1.80. The minimum absolute atomic E-state index is 0.148. The van der Waals surface area contributed by atoms with E-state index in [-0.39, 0.29) is 5.92 Å². The molecule has 0 fully saturated rings. The minimum atomic E-state index is 0.148. The van der Waals surface area contributed by atoms with E-state index in [1.807, 2.05) is 19.1 Å². The Morgan fingerprint density at radius 1 is 1.35 bits per heavy atom. The first-order valence-corrected chi connectivity index (χ1v) is 6.11. The van der Waals surface area contributed by atoms with Crippen LogP contribution in [0.1, 0.15) is 37.8 Å². The standard InChI is InChI=1S/C15H21NO/c1-3-13(11-17)8-12(2)9-14-4-6-15(10-16)7-5-14/h4-7,9,11,13H,3,8,10,16H2,1-2H3. The van der Waals surface area contributed by atoms with Crippen molar-refractivity contribution < 1.29 is 4.79 Å². The summed E-state index contributed by atoms with van der Waals surface area (Å²) >= 11 is 0. The molecule has 0 spiro atoms. The molecule has 1 atom stereocenters. The van der Waals surface area contributed by atoms with Crippen molar-refractivity contribution in [2.45, 2.75) is 33.2 Å². The van der Waals surface area contributed by atoms with Gasteiger partial charge in [-0.1, -0.05) is 42.8 Å². The number of aldehydes is 1. The van der Waals surface area contributed by atoms with E-state index in [9.17, 15) is 4.79 Å². The third-order valence-electron chi connectivity index (χ3n) is 2.93. The van der Waals surface area contributed by atoms with E-state index in [0.29, 0.717) is 6.54 Å². The van der Waals surface area contributed by atoms with Crippen LogP contribution in [-0.4, -0.2) is 6.29 Å². The highest BCUT2D eigenvalue weighted by atomic mass is 16.1. The molecule has 0 heterocycles. The van der Waals surface area contributed by atoms with Gasteiger partial charge in [0.05, 0.1) is 0 Å². The van der Waals surface area contributed by atoms with E-state index in [4.69, 9.17) is 5.73 Å². The van der Waals surface area contributed by atoms with Crippen molar-refractivity contribution in [3.8, 4) is 0 Å². The largest absolute Gasteiger partial charge is 0.326 e. The lowest BCUT2D eigenvalue weighted by atomic mass is 9.97. The lowest BCUT2D eigenvalue weighted by Crippen LogP contribution is -2.00. The summed E-state index contributed by atoms with van der Waals surface area (Å²) in [5.41, 5.74) is 9.09. The van der Waals surface area contributed by atoms with Crippen molar-refractivity contribution in [1.29, 1.82) is 0 Å². The Labute approximate surface area is 104 Å². The van der Waals surface area contributed by atoms with Gasteiger partial charge in [0.15, 0.2) is 0 Å². The third-order valence-corrected chi connectivity index (χ3v) is 2.93. The van der Waals surface area contributed by atoms with Gasteiger partial charge in [0.1, 0.15) is 6.29 Å². The second-order valence-corrected chi connectivity index (χ2v) is 4.44. The zero-order chi connectivity index (χ0) is 12.7. The molecular weight excluding hydrogens is 210 g/mol. The topological polar surface area (TPSA) is 43.1 Å². The number of rotatable bonds is 6. The van der Waals surface area contributed by atoms with Crippen molar-refractivity contribution >= 4 is 12.4 Å². The number of nitrogens with two attached hydrogens (primary N) is 1. The molecule has 2 nitrogen and oxygen atoms in total. The highest BCUT2D eigenvalue weighted by molar-refractivity contribution is 5.57. The van der Waals surface area contributed by atoms with Crippen LogP contribution in [0.5, 0.6) is 0 Å². The SMILES string of the molecule is CCC(C=O)CC(C)=Cc1ccc(CN)cc1. The lowest BCUT2D eigenvalue weighted by molar-refractivity contribution is -0.111.